The molecule has 3 atom stereocenters. The maximum absolute atomic E-state index is 5.74. The van der Waals surface area contributed by atoms with Crippen molar-refractivity contribution in [2.45, 2.75) is 57.5 Å². The molecular formula is C12H24N2. The third-order valence-corrected chi connectivity index (χ3v) is 4.21. The molecule has 2 N–H and O–H groups in total. The summed E-state index contributed by atoms with van der Waals surface area (Å²) < 4.78 is 0. The van der Waals surface area contributed by atoms with Gasteiger partial charge in [-0.2, -0.15) is 0 Å². The first-order chi connectivity index (χ1) is 6.85. The summed E-state index contributed by atoms with van der Waals surface area (Å²) in [7, 11) is 0. The van der Waals surface area contributed by atoms with Crippen molar-refractivity contribution in [3.8, 4) is 0 Å². The van der Waals surface area contributed by atoms with Crippen LogP contribution < -0.4 is 5.73 Å². The summed E-state index contributed by atoms with van der Waals surface area (Å²) in [4.78, 5) is 2.77. The predicted molar refractivity (Wildman–Crippen MR) is 60.2 cm³/mol. The van der Waals surface area contributed by atoms with Crippen LogP contribution in [0.1, 0.15) is 45.4 Å². The minimum absolute atomic E-state index is 0.818. The van der Waals surface area contributed by atoms with Crippen LogP contribution >= 0.6 is 0 Å². The smallest absolute Gasteiger partial charge is 0.0101 e. The molecule has 1 aliphatic heterocycles. The van der Waals surface area contributed by atoms with Gasteiger partial charge < -0.3 is 5.73 Å². The molecule has 1 aliphatic carbocycles. The number of hydrogen-bond acceptors (Lipinski definition) is 2. The van der Waals surface area contributed by atoms with Crippen molar-refractivity contribution in [2.24, 2.45) is 11.7 Å². The lowest BCUT2D eigenvalue weighted by Gasteiger charge is -2.30. The van der Waals surface area contributed by atoms with Crippen molar-refractivity contribution < 1.29 is 0 Å². The zero-order valence-corrected chi connectivity index (χ0v) is 9.41. The average Bonchev–Trinajstić information content (AvgIpc) is 2.85. The summed E-state index contributed by atoms with van der Waals surface area (Å²) in [6, 6.07) is 1.76. The van der Waals surface area contributed by atoms with Crippen LogP contribution in [0.2, 0.25) is 0 Å². The van der Waals surface area contributed by atoms with Crippen LogP contribution in [0, 0.1) is 5.92 Å². The Balaban J connectivity index is 1.89. The van der Waals surface area contributed by atoms with Crippen molar-refractivity contribution in [3.63, 3.8) is 0 Å². The Bertz CT molecular complexity index is 181. The fraction of sp³-hybridized carbons (Fsp3) is 1.00. The lowest BCUT2D eigenvalue weighted by atomic mass is 10.1. The van der Waals surface area contributed by atoms with Gasteiger partial charge in [0.15, 0.2) is 0 Å². The van der Waals surface area contributed by atoms with E-state index in [1.165, 1.54) is 45.1 Å². The van der Waals surface area contributed by atoms with Crippen LogP contribution in [0.3, 0.4) is 0 Å². The Morgan fingerprint density at radius 2 is 2.14 bits per heavy atom. The van der Waals surface area contributed by atoms with Crippen molar-refractivity contribution in [2.75, 3.05) is 13.1 Å². The Labute approximate surface area is 87.8 Å². The molecule has 14 heavy (non-hydrogen) atoms. The molecule has 0 aromatic carbocycles. The molecule has 0 spiro atoms. The summed E-state index contributed by atoms with van der Waals surface area (Å²) in [5, 5.41) is 0. The van der Waals surface area contributed by atoms with Crippen LogP contribution in [0.4, 0.5) is 0 Å². The zero-order valence-electron chi connectivity index (χ0n) is 9.41. The Morgan fingerprint density at radius 1 is 1.29 bits per heavy atom. The topological polar surface area (TPSA) is 29.3 Å². The molecule has 1 heterocycles. The minimum Gasteiger partial charge on any atom is -0.330 e. The molecule has 82 valence electrons. The summed E-state index contributed by atoms with van der Waals surface area (Å²) in [6.45, 7) is 4.58. The molecular weight excluding hydrogens is 172 g/mol. The molecule has 0 radical (unpaired) electrons. The molecule has 3 unspecified atom stereocenters. The van der Waals surface area contributed by atoms with Gasteiger partial charge in [-0.3, -0.25) is 4.90 Å². The summed E-state index contributed by atoms with van der Waals surface area (Å²) in [5.74, 6) is 0.818. The molecule has 0 aromatic heterocycles. The second kappa shape index (κ2) is 4.63. The lowest BCUT2D eigenvalue weighted by molar-refractivity contribution is 0.174. The van der Waals surface area contributed by atoms with Crippen LogP contribution in [-0.2, 0) is 0 Å². The van der Waals surface area contributed by atoms with E-state index in [-0.39, 0.29) is 0 Å². The number of nitrogens with two attached hydrogens (primary N) is 1. The number of nitrogens with zero attached hydrogens (tertiary/aromatic N) is 1. The maximum atomic E-state index is 5.74. The molecule has 2 fully saturated rings. The highest BCUT2D eigenvalue weighted by atomic mass is 15.2. The molecule has 0 bridgehead atoms. The van der Waals surface area contributed by atoms with E-state index in [1.54, 1.807) is 0 Å². The first-order valence-corrected chi connectivity index (χ1v) is 6.31. The molecule has 2 rings (SSSR count). The van der Waals surface area contributed by atoms with E-state index in [0.717, 1.165) is 24.5 Å². The van der Waals surface area contributed by atoms with Crippen LogP contribution in [0.15, 0.2) is 0 Å². The Hall–Kier alpha value is -0.0800. The van der Waals surface area contributed by atoms with Crippen molar-refractivity contribution >= 4 is 0 Å². The highest BCUT2D eigenvalue weighted by molar-refractivity contribution is 4.89. The molecule has 0 amide bonds. The number of hydrogen-bond donors (Lipinski definition) is 1. The summed E-state index contributed by atoms with van der Waals surface area (Å²) in [5.41, 5.74) is 5.74. The fourth-order valence-electron chi connectivity index (χ4n) is 3.34. The number of rotatable bonds is 3. The zero-order chi connectivity index (χ0) is 9.97. The standard InChI is InChI=1S/C12H24N2/c1-2-11-4-3-7-14(11)12-6-5-10(8-12)9-13/h10-12H,2-9,13H2,1H3. The van der Waals surface area contributed by atoms with Crippen molar-refractivity contribution in [1.82, 2.24) is 4.90 Å². The highest BCUT2D eigenvalue weighted by Gasteiger charge is 2.34. The second-order valence-corrected chi connectivity index (χ2v) is 5.01. The van der Waals surface area contributed by atoms with Gasteiger partial charge in [-0.05, 0) is 57.5 Å². The Morgan fingerprint density at radius 3 is 2.79 bits per heavy atom. The summed E-state index contributed by atoms with van der Waals surface area (Å²) in [6.07, 6.45) is 8.33. The van der Waals surface area contributed by atoms with E-state index in [4.69, 9.17) is 5.73 Å². The van der Waals surface area contributed by atoms with Crippen LogP contribution in [-0.4, -0.2) is 30.1 Å². The van der Waals surface area contributed by atoms with E-state index in [9.17, 15) is 0 Å². The average molecular weight is 196 g/mol. The van der Waals surface area contributed by atoms with E-state index in [2.05, 4.69) is 11.8 Å². The van der Waals surface area contributed by atoms with Gasteiger partial charge in [0.2, 0.25) is 0 Å². The number of likely N-dealkylation sites (tertiary alicyclic amines) is 1. The van der Waals surface area contributed by atoms with Gasteiger partial charge in [0, 0.05) is 12.1 Å². The third kappa shape index (κ3) is 1.96. The van der Waals surface area contributed by atoms with Gasteiger partial charge in [-0.15, -0.1) is 0 Å². The van der Waals surface area contributed by atoms with E-state index in [0.29, 0.717) is 0 Å². The SMILES string of the molecule is CCC1CCCN1C1CCC(CN)C1. The largest absolute Gasteiger partial charge is 0.330 e. The monoisotopic (exact) mass is 196 g/mol. The van der Waals surface area contributed by atoms with Gasteiger partial charge in [0.05, 0.1) is 0 Å². The predicted octanol–water partition coefficient (Wildman–Crippen LogP) is 1.99. The van der Waals surface area contributed by atoms with Crippen LogP contribution in [0.5, 0.6) is 0 Å². The normalized spacial score (nSPS) is 39.4. The minimum atomic E-state index is 0.818. The van der Waals surface area contributed by atoms with Gasteiger partial charge in [0.25, 0.3) is 0 Å². The molecule has 1 saturated heterocycles. The maximum Gasteiger partial charge on any atom is 0.0101 e. The first kappa shape index (κ1) is 10.4. The molecule has 0 aromatic rings. The molecule has 1 saturated carbocycles. The Kier molecular flexibility index (Phi) is 3.45. The molecule has 2 nitrogen and oxygen atoms in total. The van der Waals surface area contributed by atoms with Crippen LogP contribution in [0.25, 0.3) is 0 Å². The van der Waals surface area contributed by atoms with E-state index in [1.807, 2.05) is 0 Å². The summed E-state index contributed by atoms with van der Waals surface area (Å²) >= 11 is 0. The quantitative estimate of drug-likeness (QED) is 0.748. The molecule has 2 aliphatic rings. The fourth-order valence-corrected chi connectivity index (χ4v) is 3.34. The first-order valence-electron chi connectivity index (χ1n) is 6.31. The highest BCUT2D eigenvalue weighted by Crippen LogP contribution is 2.33. The van der Waals surface area contributed by atoms with E-state index >= 15 is 0 Å². The second-order valence-electron chi connectivity index (χ2n) is 5.01. The van der Waals surface area contributed by atoms with Gasteiger partial charge >= 0.3 is 0 Å². The van der Waals surface area contributed by atoms with E-state index < -0.39 is 0 Å². The lowest BCUT2D eigenvalue weighted by Crippen LogP contribution is -2.37. The van der Waals surface area contributed by atoms with Gasteiger partial charge in [-0.1, -0.05) is 6.92 Å². The van der Waals surface area contributed by atoms with Gasteiger partial charge in [0.1, 0.15) is 0 Å². The molecule has 2 heteroatoms. The van der Waals surface area contributed by atoms with Crippen molar-refractivity contribution in [3.05, 3.63) is 0 Å². The third-order valence-electron chi connectivity index (χ3n) is 4.21. The van der Waals surface area contributed by atoms with Crippen molar-refractivity contribution in [1.29, 1.82) is 0 Å². The van der Waals surface area contributed by atoms with Gasteiger partial charge in [-0.25, -0.2) is 0 Å².